The zero-order valence-corrected chi connectivity index (χ0v) is 6.71. The fourth-order valence-electron chi connectivity index (χ4n) is 0.701. The average molecular weight is 172 g/mol. The smallest absolute Gasteiger partial charge is 0.271 e. The van der Waals surface area contributed by atoms with Gasteiger partial charge in [0.2, 0.25) is 0 Å². The highest BCUT2D eigenvalue weighted by molar-refractivity contribution is 7.71. The monoisotopic (exact) mass is 172 g/mol. The lowest BCUT2D eigenvalue weighted by Crippen LogP contribution is -2.19. The molecule has 0 aliphatic rings. The topological polar surface area (TPSA) is 86.7 Å². The summed E-state index contributed by atoms with van der Waals surface area (Å²) in [7, 11) is 1.52. The van der Waals surface area contributed by atoms with Crippen LogP contribution in [0.15, 0.2) is 0 Å². The van der Waals surface area contributed by atoms with Crippen LogP contribution in [-0.2, 0) is 0 Å². The summed E-state index contributed by atoms with van der Waals surface area (Å²) in [4.78, 5) is 16.2. The standard InChI is InChI=1S/C5H8N4OS/c1-7-4(10)2-3(6)9-5(11)8-2/h6H2,1H3,(H,7,10)(H2,8,9,11). The highest BCUT2D eigenvalue weighted by Gasteiger charge is 2.08. The van der Waals surface area contributed by atoms with E-state index in [1.54, 1.807) is 0 Å². The van der Waals surface area contributed by atoms with E-state index < -0.39 is 0 Å². The Labute approximate surface area is 68.0 Å². The lowest BCUT2D eigenvalue weighted by molar-refractivity contribution is 0.0959. The fraction of sp³-hybridized carbons (Fsp3) is 0.200. The van der Waals surface area contributed by atoms with Gasteiger partial charge in [0.05, 0.1) is 0 Å². The second kappa shape index (κ2) is 2.75. The van der Waals surface area contributed by atoms with Crippen LogP contribution in [0, 0.1) is 4.77 Å². The number of hydrogen-bond acceptors (Lipinski definition) is 3. The van der Waals surface area contributed by atoms with Crippen molar-refractivity contribution < 1.29 is 4.79 Å². The van der Waals surface area contributed by atoms with Gasteiger partial charge in [0.15, 0.2) is 4.77 Å². The molecular weight excluding hydrogens is 164 g/mol. The molecule has 1 aromatic heterocycles. The van der Waals surface area contributed by atoms with Crippen molar-refractivity contribution in [3.63, 3.8) is 0 Å². The molecule has 1 heterocycles. The second-order valence-corrected chi connectivity index (χ2v) is 2.36. The van der Waals surface area contributed by atoms with E-state index in [9.17, 15) is 4.79 Å². The van der Waals surface area contributed by atoms with Gasteiger partial charge < -0.3 is 21.0 Å². The number of H-pyrrole nitrogens is 2. The Balaban J connectivity index is 3.13. The van der Waals surface area contributed by atoms with Crippen LogP contribution >= 0.6 is 12.2 Å². The first-order valence-electron chi connectivity index (χ1n) is 2.95. The number of nitrogens with one attached hydrogen (secondary N) is 3. The number of rotatable bonds is 1. The van der Waals surface area contributed by atoms with Crippen molar-refractivity contribution in [2.45, 2.75) is 0 Å². The van der Waals surface area contributed by atoms with Gasteiger partial charge in [0.25, 0.3) is 5.91 Å². The van der Waals surface area contributed by atoms with Gasteiger partial charge in [-0.15, -0.1) is 0 Å². The highest BCUT2D eigenvalue weighted by Crippen LogP contribution is 2.04. The molecule has 60 valence electrons. The number of anilines is 1. The molecule has 0 aliphatic carbocycles. The summed E-state index contributed by atoms with van der Waals surface area (Å²) in [6.07, 6.45) is 0. The average Bonchev–Trinajstić information content (AvgIpc) is 2.28. The van der Waals surface area contributed by atoms with Crippen LogP contribution in [0.25, 0.3) is 0 Å². The summed E-state index contributed by atoms with van der Waals surface area (Å²) in [6.45, 7) is 0. The van der Waals surface area contributed by atoms with Crippen LogP contribution in [-0.4, -0.2) is 22.9 Å². The zero-order chi connectivity index (χ0) is 8.43. The molecule has 0 fully saturated rings. The minimum Gasteiger partial charge on any atom is -0.383 e. The third-order valence-electron chi connectivity index (χ3n) is 1.21. The maximum Gasteiger partial charge on any atom is 0.271 e. The van der Waals surface area contributed by atoms with E-state index in [0.29, 0.717) is 4.77 Å². The Morgan fingerprint density at radius 2 is 2.27 bits per heavy atom. The van der Waals surface area contributed by atoms with Crippen LogP contribution < -0.4 is 11.1 Å². The van der Waals surface area contributed by atoms with Crippen LogP contribution in [0.4, 0.5) is 5.82 Å². The number of aromatic amines is 2. The number of nitrogen functional groups attached to an aromatic ring is 1. The van der Waals surface area contributed by atoms with Crippen LogP contribution in [0.2, 0.25) is 0 Å². The predicted octanol–water partition coefficient (Wildman–Crippen LogP) is 0.0141. The lowest BCUT2D eigenvalue weighted by Gasteiger charge is -1.94. The van der Waals surface area contributed by atoms with E-state index in [0.717, 1.165) is 0 Å². The molecule has 0 aliphatic heterocycles. The normalized spacial score (nSPS) is 9.55. The van der Waals surface area contributed by atoms with E-state index >= 15 is 0 Å². The van der Waals surface area contributed by atoms with Crippen LogP contribution in [0.5, 0.6) is 0 Å². The first kappa shape index (κ1) is 7.80. The lowest BCUT2D eigenvalue weighted by atomic mass is 10.4. The number of carbonyl (C=O) groups excluding carboxylic acids is 1. The Morgan fingerprint density at radius 1 is 1.64 bits per heavy atom. The maximum atomic E-state index is 11.0. The number of hydrogen-bond donors (Lipinski definition) is 4. The zero-order valence-electron chi connectivity index (χ0n) is 5.89. The van der Waals surface area contributed by atoms with E-state index in [-0.39, 0.29) is 17.4 Å². The summed E-state index contributed by atoms with van der Waals surface area (Å²) >= 11 is 4.72. The third kappa shape index (κ3) is 1.40. The molecule has 11 heavy (non-hydrogen) atoms. The van der Waals surface area contributed by atoms with Crippen LogP contribution in [0.1, 0.15) is 10.5 Å². The number of aromatic nitrogens is 2. The van der Waals surface area contributed by atoms with Crippen molar-refractivity contribution >= 4 is 23.9 Å². The first-order chi connectivity index (χ1) is 5.15. The highest BCUT2D eigenvalue weighted by atomic mass is 32.1. The molecule has 1 amide bonds. The maximum absolute atomic E-state index is 11.0. The van der Waals surface area contributed by atoms with E-state index in [2.05, 4.69) is 15.3 Å². The molecule has 0 atom stereocenters. The van der Waals surface area contributed by atoms with Crippen molar-refractivity contribution in [2.75, 3.05) is 12.8 Å². The molecule has 0 saturated carbocycles. The van der Waals surface area contributed by atoms with Gasteiger partial charge in [-0.1, -0.05) is 0 Å². The van der Waals surface area contributed by atoms with Crippen molar-refractivity contribution in [1.82, 2.24) is 15.3 Å². The molecule has 6 heteroatoms. The van der Waals surface area contributed by atoms with Gasteiger partial charge in [-0.2, -0.15) is 0 Å². The Bertz CT molecular complexity index is 325. The van der Waals surface area contributed by atoms with E-state index in [4.69, 9.17) is 18.0 Å². The molecular formula is C5H8N4OS. The van der Waals surface area contributed by atoms with Gasteiger partial charge in [0.1, 0.15) is 11.5 Å². The Kier molecular flexibility index (Phi) is 1.95. The van der Waals surface area contributed by atoms with E-state index in [1.165, 1.54) is 7.05 Å². The SMILES string of the molecule is CNC(=O)c1[nH]c(=S)[nH]c1N. The summed E-state index contributed by atoms with van der Waals surface area (Å²) in [5.41, 5.74) is 5.68. The van der Waals surface area contributed by atoms with Crippen molar-refractivity contribution in [3.05, 3.63) is 10.5 Å². The number of carbonyl (C=O) groups is 1. The van der Waals surface area contributed by atoms with Gasteiger partial charge in [-0.3, -0.25) is 4.79 Å². The molecule has 0 saturated heterocycles. The number of amides is 1. The molecule has 5 nitrogen and oxygen atoms in total. The van der Waals surface area contributed by atoms with E-state index in [1.807, 2.05) is 0 Å². The molecule has 0 unspecified atom stereocenters. The third-order valence-corrected chi connectivity index (χ3v) is 1.41. The largest absolute Gasteiger partial charge is 0.383 e. The van der Waals surface area contributed by atoms with Gasteiger partial charge >= 0.3 is 0 Å². The van der Waals surface area contributed by atoms with Crippen molar-refractivity contribution in [3.8, 4) is 0 Å². The number of imidazole rings is 1. The molecule has 0 aromatic carbocycles. The minimum absolute atomic E-state index is 0.259. The molecule has 5 N–H and O–H groups in total. The molecule has 0 bridgehead atoms. The molecule has 1 rings (SSSR count). The summed E-state index contributed by atoms with van der Waals surface area (Å²) < 4.78 is 0.348. The van der Waals surface area contributed by atoms with Crippen molar-refractivity contribution in [1.29, 1.82) is 0 Å². The Hall–Kier alpha value is -1.30. The summed E-state index contributed by atoms with van der Waals surface area (Å²) in [6, 6.07) is 0. The molecule has 1 aromatic rings. The molecule has 0 radical (unpaired) electrons. The predicted molar refractivity (Wildman–Crippen MR) is 43.8 cm³/mol. The fourth-order valence-corrected chi connectivity index (χ4v) is 0.913. The van der Waals surface area contributed by atoms with Gasteiger partial charge in [-0.05, 0) is 12.2 Å². The second-order valence-electron chi connectivity index (χ2n) is 1.95. The summed E-state index contributed by atoms with van der Waals surface area (Å²) in [5, 5.41) is 2.42. The molecule has 0 spiro atoms. The quantitative estimate of drug-likeness (QED) is 0.450. The number of nitrogens with two attached hydrogens (primary N) is 1. The van der Waals surface area contributed by atoms with Gasteiger partial charge in [0, 0.05) is 7.05 Å². The van der Waals surface area contributed by atoms with Crippen molar-refractivity contribution in [2.24, 2.45) is 0 Å². The summed E-state index contributed by atoms with van der Waals surface area (Å²) in [5.74, 6) is -0.0239. The minimum atomic E-state index is -0.283. The van der Waals surface area contributed by atoms with Crippen LogP contribution in [0.3, 0.4) is 0 Å². The first-order valence-corrected chi connectivity index (χ1v) is 3.36. The van der Waals surface area contributed by atoms with Gasteiger partial charge in [-0.25, -0.2) is 0 Å². The Morgan fingerprint density at radius 3 is 2.64 bits per heavy atom.